The highest BCUT2D eigenvalue weighted by atomic mass is 32.2. The molecule has 1 aromatic rings. The molecule has 0 bridgehead atoms. The van der Waals surface area contributed by atoms with E-state index in [1.807, 2.05) is 11.8 Å². The number of thiophene rings is 1. The first-order valence-corrected chi connectivity index (χ1v) is 10.3. The number of rotatable bonds is 4. The summed E-state index contributed by atoms with van der Waals surface area (Å²) in [5.41, 5.74) is 7.01. The number of Topliss-reactive ketones (excluding diaryl/α,β-unsaturated/α-hetero) is 1. The van der Waals surface area contributed by atoms with E-state index < -0.39 is 0 Å². The average molecular weight is 343 g/mol. The van der Waals surface area contributed by atoms with E-state index in [9.17, 15) is 4.79 Å². The number of nitrogens with zero attached hydrogens (tertiary/aromatic N) is 1. The monoisotopic (exact) mass is 342 g/mol. The number of thioether (sulfide) groups is 2. The molecule has 3 nitrogen and oxygen atoms in total. The number of carbonyl (C=O) groups excluding carboxylic acids is 1. The molecule has 0 amide bonds. The van der Waals surface area contributed by atoms with Crippen molar-refractivity contribution in [2.24, 2.45) is 5.92 Å². The fourth-order valence-electron chi connectivity index (χ4n) is 2.73. The molecule has 0 radical (unpaired) electrons. The average Bonchev–Trinajstić information content (AvgIpc) is 3.21. The molecule has 1 aromatic heterocycles. The van der Waals surface area contributed by atoms with E-state index in [2.05, 4.69) is 25.0 Å². The Morgan fingerprint density at radius 1 is 1.43 bits per heavy atom. The van der Waals surface area contributed by atoms with Crippen molar-refractivity contribution in [2.75, 3.05) is 35.7 Å². The lowest BCUT2D eigenvalue weighted by Gasteiger charge is -2.38. The van der Waals surface area contributed by atoms with E-state index in [0.717, 1.165) is 47.1 Å². The normalized spacial score (nSPS) is 21.6. The fourth-order valence-corrected chi connectivity index (χ4v) is 6.06. The van der Waals surface area contributed by atoms with Crippen LogP contribution < -0.4 is 10.6 Å². The summed E-state index contributed by atoms with van der Waals surface area (Å²) in [6, 6.07) is 0. The molecule has 0 aromatic carbocycles. The van der Waals surface area contributed by atoms with Crippen molar-refractivity contribution < 1.29 is 4.79 Å². The summed E-state index contributed by atoms with van der Waals surface area (Å²) in [6.45, 7) is 6.63. The van der Waals surface area contributed by atoms with E-state index >= 15 is 0 Å². The van der Waals surface area contributed by atoms with E-state index in [4.69, 9.17) is 5.73 Å². The molecule has 2 aliphatic rings. The van der Waals surface area contributed by atoms with Crippen LogP contribution in [0, 0.1) is 5.92 Å². The number of ketones is 1. The molecule has 2 fully saturated rings. The minimum atomic E-state index is 0.238. The maximum Gasteiger partial charge on any atom is 0.178 e. The third-order valence-corrected chi connectivity index (χ3v) is 7.50. The molecule has 2 heterocycles. The number of nitrogens with two attached hydrogens (primary N) is 1. The predicted octanol–water partition coefficient (Wildman–Crippen LogP) is 3.98. The van der Waals surface area contributed by atoms with Gasteiger partial charge in [-0.15, -0.1) is 23.1 Å². The van der Waals surface area contributed by atoms with Gasteiger partial charge in [0.1, 0.15) is 5.00 Å². The maximum absolute atomic E-state index is 12.4. The molecule has 1 saturated heterocycles. The van der Waals surface area contributed by atoms with Crippen LogP contribution in [-0.2, 0) is 0 Å². The fraction of sp³-hybridized carbons (Fsp3) is 0.667. The first kappa shape index (κ1) is 15.6. The molecule has 1 aliphatic heterocycles. The largest absolute Gasteiger partial charge is 0.396 e. The number of anilines is 2. The highest BCUT2D eigenvalue weighted by Gasteiger charge is 2.36. The summed E-state index contributed by atoms with van der Waals surface area (Å²) in [6.07, 6.45) is 4.12. The second-order valence-corrected chi connectivity index (χ2v) is 9.97. The summed E-state index contributed by atoms with van der Waals surface area (Å²) >= 11 is 5.31. The van der Waals surface area contributed by atoms with Crippen LogP contribution in [0.15, 0.2) is 4.90 Å². The standard InChI is InChI=1S/C15H22N2OS3/c1-15(2)8-17(6-7-20-15)14-13(19-3)10(16)12(21-14)11(18)9-4-5-9/h9H,4-8,16H2,1-3H3. The Balaban J connectivity index is 1.94. The Morgan fingerprint density at radius 2 is 2.14 bits per heavy atom. The SMILES string of the molecule is CSc1c(N2CCSC(C)(C)C2)sc(C(=O)C2CC2)c1N. The Bertz CT molecular complexity index is 564. The molecule has 2 N–H and O–H groups in total. The van der Waals surface area contributed by atoms with Crippen molar-refractivity contribution in [3.63, 3.8) is 0 Å². The molecule has 0 unspecified atom stereocenters. The molecule has 0 atom stereocenters. The first-order valence-electron chi connectivity index (χ1n) is 7.32. The summed E-state index contributed by atoms with van der Waals surface area (Å²) in [7, 11) is 0. The minimum absolute atomic E-state index is 0.238. The van der Waals surface area contributed by atoms with Crippen LogP contribution in [0.3, 0.4) is 0 Å². The van der Waals surface area contributed by atoms with Crippen LogP contribution in [0.1, 0.15) is 36.4 Å². The van der Waals surface area contributed by atoms with Crippen molar-refractivity contribution in [1.29, 1.82) is 0 Å². The Labute approximate surface area is 139 Å². The minimum Gasteiger partial charge on any atom is -0.396 e. The van der Waals surface area contributed by atoms with Crippen LogP contribution in [-0.4, -0.2) is 35.6 Å². The lowest BCUT2D eigenvalue weighted by molar-refractivity contribution is 0.0972. The molecule has 116 valence electrons. The first-order chi connectivity index (χ1) is 9.93. The van der Waals surface area contributed by atoms with Gasteiger partial charge < -0.3 is 10.6 Å². The van der Waals surface area contributed by atoms with Gasteiger partial charge in [-0.2, -0.15) is 11.8 Å². The van der Waals surface area contributed by atoms with E-state index in [0.29, 0.717) is 0 Å². The van der Waals surface area contributed by atoms with E-state index in [1.54, 1.807) is 23.1 Å². The summed E-state index contributed by atoms with van der Waals surface area (Å²) in [5, 5.41) is 1.21. The number of carbonyl (C=O) groups is 1. The number of nitrogen functional groups attached to an aromatic ring is 1. The van der Waals surface area contributed by atoms with Gasteiger partial charge in [0.2, 0.25) is 0 Å². The Hall–Kier alpha value is -0.330. The zero-order chi connectivity index (χ0) is 15.2. The van der Waals surface area contributed by atoms with Gasteiger partial charge in [-0.1, -0.05) is 0 Å². The Kier molecular flexibility index (Phi) is 4.23. The van der Waals surface area contributed by atoms with Crippen molar-refractivity contribution in [3.05, 3.63) is 4.88 Å². The lowest BCUT2D eigenvalue weighted by atomic mass is 10.2. The second kappa shape index (κ2) is 5.70. The third kappa shape index (κ3) is 3.08. The van der Waals surface area contributed by atoms with Gasteiger partial charge in [-0.25, -0.2) is 0 Å². The molecule has 0 spiro atoms. The van der Waals surface area contributed by atoms with Crippen molar-refractivity contribution >= 4 is 51.3 Å². The molecule has 3 rings (SSSR count). The van der Waals surface area contributed by atoms with Gasteiger partial charge in [0, 0.05) is 29.5 Å². The van der Waals surface area contributed by atoms with Gasteiger partial charge in [-0.3, -0.25) is 4.79 Å². The van der Waals surface area contributed by atoms with Gasteiger partial charge in [0.15, 0.2) is 5.78 Å². The van der Waals surface area contributed by atoms with Crippen molar-refractivity contribution in [2.45, 2.75) is 36.3 Å². The number of hydrogen-bond donors (Lipinski definition) is 1. The second-order valence-electron chi connectivity index (χ2n) is 6.35. The summed E-state index contributed by atoms with van der Waals surface area (Å²) in [5.74, 6) is 1.64. The van der Waals surface area contributed by atoms with Gasteiger partial charge >= 0.3 is 0 Å². The Morgan fingerprint density at radius 3 is 2.71 bits per heavy atom. The molecule has 21 heavy (non-hydrogen) atoms. The quantitative estimate of drug-likeness (QED) is 0.662. The van der Waals surface area contributed by atoms with Crippen LogP contribution >= 0.6 is 34.9 Å². The van der Waals surface area contributed by atoms with Crippen molar-refractivity contribution in [1.82, 2.24) is 0 Å². The van der Waals surface area contributed by atoms with Crippen LogP contribution in [0.25, 0.3) is 0 Å². The highest BCUT2D eigenvalue weighted by Crippen LogP contribution is 2.48. The van der Waals surface area contributed by atoms with Crippen molar-refractivity contribution in [3.8, 4) is 0 Å². The summed E-state index contributed by atoms with van der Waals surface area (Å²) < 4.78 is 0.257. The highest BCUT2D eigenvalue weighted by molar-refractivity contribution is 8.00. The van der Waals surface area contributed by atoms with Gasteiger partial charge in [-0.05, 0) is 32.9 Å². The molecule has 6 heteroatoms. The molecular weight excluding hydrogens is 320 g/mol. The molecule has 1 saturated carbocycles. The van der Waals surface area contributed by atoms with Gasteiger partial charge in [0.25, 0.3) is 0 Å². The lowest BCUT2D eigenvalue weighted by Crippen LogP contribution is -2.43. The maximum atomic E-state index is 12.4. The molecule has 1 aliphatic carbocycles. The zero-order valence-electron chi connectivity index (χ0n) is 12.8. The third-order valence-electron chi connectivity index (χ3n) is 3.97. The number of hydrogen-bond acceptors (Lipinski definition) is 6. The van der Waals surface area contributed by atoms with E-state index in [1.165, 1.54) is 5.00 Å². The molecular formula is C15H22N2OS3. The van der Waals surface area contributed by atoms with Crippen LogP contribution in [0.5, 0.6) is 0 Å². The van der Waals surface area contributed by atoms with Crippen LogP contribution in [0.2, 0.25) is 0 Å². The predicted molar refractivity (Wildman–Crippen MR) is 96.3 cm³/mol. The topological polar surface area (TPSA) is 46.3 Å². The zero-order valence-corrected chi connectivity index (χ0v) is 15.2. The smallest absolute Gasteiger partial charge is 0.178 e. The summed E-state index contributed by atoms with van der Waals surface area (Å²) in [4.78, 5) is 16.7. The van der Waals surface area contributed by atoms with Crippen LogP contribution in [0.4, 0.5) is 10.7 Å². The van der Waals surface area contributed by atoms with E-state index in [-0.39, 0.29) is 16.4 Å². The van der Waals surface area contributed by atoms with Gasteiger partial charge in [0.05, 0.1) is 15.5 Å².